The van der Waals surface area contributed by atoms with E-state index in [1.54, 1.807) is 24.3 Å². The molecule has 3 rings (SSSR count). The van der Waals surface area contributed by atoms with Crippen molar-refractivity contribution in [3.8, 4) is 11.1 Å². The van der Waals surface area contributed by atoms with Gasteiger partial charge in [-0.3, -0.25) is 4.79 Å². The molecule has 0 aliphatic rings. The number of hydrogen-bond acceptors (Lipinski definition) is 2. The lowest BCUT2D eigenvalue weighted by molar-refractivity contribution is 0.101. The number of carbonyl (C=O) groups is 2. The molecule has 4 nitrogen and oxygen atoms in total. The third kappa shape index (κ3) is 4.32. The van der Waals surface area contributed by atoms with Gasteiger partial charge in [0.15, 0.2) is 5.78 Å². The maximum atomic E-state index is 12.1. The summed E-state index contributed by atoms with van der Waals surface area (Å²) in [5.74, 6) is -0.00509. The first-order chi connectivity index (χ1) is 12.1. The Kier molecular flexibility index (Phi) is 4.90. The fourth-order valence-electron chi connectivity index (χ4n) is 2.46. The van der Waals surface area contributed by atoms with E-state index in [1.165, 1.54) is 6.92 Å². The molecule has 0 heterocycles. The van der Waals surface area contributed by atoms with E-state index >= 15 is 0 Å². The highest BCUT2D eigenvalue weighted by Crippen LogP contribution is 2.21. The van der Waals surface area contributed by atoms with Crippen molar-refractivity contribution in [1.29, 1.82) is 0 Å². The number of benzene rings is 3. The molecule has 0 aromatic heterocycles. The number of hydrogen-bond donors (Lipinski definition) is 2. The second-order valence-corrected chi connectivity index (χ2v) is 5.66. The minimum Gasteiger partial charge on any atom is -0.308 e. The summed E-state index contributed by atoms with van der Waals surface area (Å²) >= 11 is 0. The van der Waals surface area contributed by atoms with Crippen molar-refractivity contribution in [3.05, 3.63) is 84.4 Å². The molecule has 25 heavy (non-hydrogen) atoms. The van der Waals surface area contributed by atoms with Crippen molar-refractivity contribution in [3.63, 3.8) is 0 Å². The molecule has 0 atom stereocenters. The van der Waals surface area contributed by atoms with Crippen molar-refractivity contribution in [2.75, 3.05) is 10.6 Å². The number of ketones is 1. The van der Waals surface area contributed by atoms with Crippen LogP contribution in [0.5, 0.6) is 0 Å². The summed E-state index contributed by atoms with van der Waals surface area (Å²) in [6.07, 6.45) is 0. The molecule has 0 radical (unpaired) electrons. The zero-order chi connectivity index (χ0) is 17.6. The van der Waals surface area contributed by atoms with Gasteiger partial charge in [-0.2, -0.15) is 0 Å². The number of rotatable bonds is 4. The predicted octanol–water partition coefficient (Wildman–Crippen LogP) is 5.20. The minimum absolute atomic E-state index is 0.00509. The zero-order valence-electron chi connectivity index (χ0n) is 13.8. The third-order valence-electron chi connectivity index (χ3n) is 3.80. The van der Waals surface area contributed by atoms with Gasteiger partial charge in [-0.15, -0.1) is 0 Å². The van der Waals surface area contributed by atoms with Gasteiger partial charge in [0.25, 0.3) is 0 Å². The summed E-state index contributed by atoms with van der Waals surface area (Å²) in [5, 5.41) is 5.53. The van der Waals surface area contributed by atoms with Gasteiger partial charge in [0.05, 0.1) is 0 Å². The van der Waals surface area contributed by atoms with Crippen LogP contribution in [0, 0.1) is 0 Å². The molecule has 2 N–H and O–H groups in total. The van der Waals surface area contributed by atoms with Crippen LogP contribution in [0.25, 0.3) is 11.1 Å². The largest absolute Gasteiger partial charge is 0.323 e. The number of urea groups is 1. The van der Waals surface area contributed by atoms with Crippen LogP contribution in [-0.2, 0) is 0 Å². The van der Waals surface area contributed by atoms with Crippen LogP contribution in [0.2, 0.25) is 0 Å². The average Bonchev–Trinajstić information content (AvgIpc) is 2.63. The van der Waals surface area contributed by atoms with Crippen LogP contribution in [0.3, 0.4) is 0 Å². The Bertz CT molecular complexity index is 870. The summed E-state index contributed by atoms with van der Waals surface area (Å²) < 4.78 is 0. The quantitative estimate of drug-likeness (QED) is 0.646. The van der Waals surface area contributed by atoms with Crippen LogP contribution < -0.4 is 10.6 Å². The van der Waals surface area contributed by atoms with Crippen molar-refractivity contribution >= 4 is 23.2 Å². The fraction of sp³-hybridized carbons (Fsp3) is 0.0476. The first kappa shape index (κ1) is 16.5. The van der Waals surface area contributed by atoms with Crippen LogP contribution in [-0.4, -0.2) is 11.8 Å². The monoisotopic (exact) mass is 330 g/mol. The zero-order valence-corrected chi connectivity index (χ0v) is 13.8. The predicted molar refractivity (Wildman–Crippen MR) is 101 cm³/mol. The van der Waals surface area contributed by atoms with Gasteiger partial charge < -0.3 is 10.6 Å². The molecule has 124 valence electrons. The average molecular weight is 330 g/mol. The van der Waals surface area contributed by atoms with Crippen LogP contribution in [0.4, 0.5) is 16.2 Å². The standard InChI is InChI=1S/C21H18N2O2/c1-15(24)16-7-11-19(12-8-16)22-21(25)23-20-13-9-18(10-14-20)17-5-3-2-4-6-17/h2-14H,1H3,(H2,22,23,25). The van der Waals surface area contributed by atoms with Gasteiger partial charge in [0, 0.05) is 16.9 Å². The molecular formula is C21H18N2O2. The Hall–Kier alpha value is -3.40. The number of nitrogens with one attached hydrogen (secondary N) is 2. The van der Waals surface area contributed by atoms with E-state index in [0.717, 1.165) is 11.1 Å². The second kappa shape index (κ2) is 7.45. The molecule has 0 bridgehead atoms. The minimum atomic E-state index is -0.331. The highest BCUT2D eigenvalue weighted by atomic mass is 16.2. The summed E-state index contributed by atoms with van der Waals surface area (Å²) in [4.78, 5) is 23.3. The van der Waals surface area contributed by atoms with Crippen LogP contribution in [0.1, 0.15) is 17.3 Å². The molecule has 4 heteroatoms. The van der Waals surface area contributed by atoms with Gasteiger partial charge >= 0.3 is 6.03 Å². The Morgan fingerprint density at radius 1 is 0.640 bits per heavy atom. The van der Waals surface area contributed by atoms with Crippen LogP contribution >= 0.6 is 0 Å². The van der Waals surface area contributed by atoms with Crippen LogP contribution in [0.15, 0.2) is 78.9 Å². The lowest BCUT2D eigenvalue weighted by atomic mass is 10.1. The second-order valence-electron chi connectivity index (χ2n) is 5.66. The van der Waals surface area contributed by atoms with Gasteiger partial charge in [-0.05, 0) is 54.4 Å². The van der Waals surface area contributed by atoms with Crippen molar-refractivity contribution in [2.24, 2.45) is 0 Å². The summed E-state index contributed by atoms with van der Waals surface area (Å²) in [7, 11) is 0. The van der Waals surface area contributed by atoms with Gasteiger partial charge in [-0.1, -0.05) is 42.5 Å². The molecule has 0 fully saturated rings. The Morgan fingerprint density at radius 2 is 1.12 bits per heavy atom. The molecule has 3 aromatic rings. The lowest BCUT2D eigenvalue weighted by Gasteiger charge is -2.09. The fourth-order valence-corrected chi connectivity index (χ4v) is 2.46. The molecule has 0 aliphatic carbocycles. The maximum absolute atomic E-state index is 12.1. The smallest absolute Gasteiger partial charge is 0.308 e. The summed E-state index contributed by atoms with van der Waals surface area (Å²) in [5.41, 5.74) is 4.17. The van der Waals surface area contributed by atoms with E-state index in [4.69, 9.17) is 0 Å². The molecular weight excluding hydrogens is 312 g/mol. The first-order valence-electron chi connectivity index (χ1n) is 7.96. The summed E-state index contributed by atoms with van der Waals surface area (Å²) in [6.45, 7) is 1.51. The van der Waals surface area contributed by atoms with E-state index in [9.17, 15) is 9.59 Å². The topological polar surface area (TPSA) is 58.2 Å². The van der Waals surface area contributed by atoms with E-state index in [-0.39, 0.29) is 11.8 Å². The first-order valence-corrected chi connectivity index (χ1v) is 7.96. The van der Waals surface area contributed by atoms with E-state index in [2.05, 4.69) is 10.6 Å². The van der Waals surface area contributed by atoms with E-state index in [1.807, 2.05) is 54.6 Å². The maximum Gasteiger partial charge on any atom is 0.323 e. The Balaban J connectivity index is 1.62. The van der Waals surface area contributed by atoms with Gasteiger partial charge in [-0.25, -0.2) is 4.79 Å². The molecule has 0 unspecified atom stereocenters. The number of anilines is 2. The van der Waals surface area contributed by atoms with E-state index < -0.39 is 0 Å². The SMILES string of the molecule is CC(=O)c1ccc(NC(=O)Nc2ccc(-c3ccccc3)cc2)cc1. The highest BCUT2D eigenvalue weighted by Gasteiger charge is 2.04. The third-order valence-corrected chi connectivity index (χ3v) is 3.80. The van der Waals surface area contributed by atoms with Crippen molar-refractivity contribution in [1.82, 2.24) is 0 Å². The van der Waals surface area contributed by atoms with E-state index in [0.29, 0.717) is 16.9 Å². The van der Waals surface area contributed by atoms with Gasteiger partial charge in [0.1, 0.15) is 0 Å². The lowest BCUT2D eigenvalue weighted by Crippen LogP contribution is -2.19. The number of Topliss-reactive ketones (excluding diaryl/α,β-unsaturated/α-hetero) is 1. The normalized spacial score (nSPS) is 10.1. The highest BCUT2D eigenvalue weighted by molar-refractivity contribution is 6.00. The molecule has 0 saturated heterocycles. The Labute approximate surface area is 146 Å². The van der Waals surface area contributed by atoms with Crippen molar-refractivity contribution < 1.29 is 9.59 Å². The molecule has 2 amide bonds. The van der Waals surface area contributed by atoms with Crippen molar-refractivity contribution in [2.45, 2.75) is 6.92 Å². The molecule has 0 spiro atoms. The molecule has 0 saturated carbocycles. The Morgan fingerprint density at radius 3 is 1.64 bits per heavy atom. The molecule has 3 aromatic carbocycles. The number of amides is 2. The summed E-state index contributed by atoms with van der Waals surface area (Å²) in [6, 6.07) is 24.2. The number of carbonyl (C=O) groups excluding carboxylic acids is 2. The molecule has 0 aliphatic heterocycles. The van der Waals surface area contributed by atoms with Gasteiger partial charge in [0.2, 0.25) is 0 Å².